The molecule has 21 heavy (non-hydrogen) atoms. The summed E-state index contributed by atoms with van der Waals surface area (Å²) in [7, 11) is 0. The molecule has 6 heteroatoms. The molecular formula is C15H20N4O2. The van der Waals surface area contributed by atoms with E-state index in [0.717, 1.165) is 17.7 Å². The van der Waals surface area contributed by atoms with Crippen LogP contribution in [-0.2, 0) is 4.79 Å². The molecule has 2 aromatic rings. The van der Waals surface area contributed by atoms with Crippen LogP contribution in [0.5, 0.6) is 5.75 Å². The van der Waals surface area contributed by atoms with Gasteiger partial charge in [0.1, 0.15) is 11.8 Å². The minimum absolute atomic E-state index is 0.0422. The van der Waals surface area contributed by atoms with E-state index in [4.69, 9.17) is 4.74 Å². The lowest BCUT2D eigenvalue weighted by molar-refractivity contribution is -0.124. The molecule has 0 spiro atoms. The molecule has 0 aliphatic carbocycles. The minimum Gasteiger partial charge on any atom is -0.492 e. The number of hydrogen-bond acceptors (Lipinski definition) is 4. The van der Waals surface area contributed by atoms with E-state index in [9.17, 15) is 4.79 Å². The van der Waals surface area contributed by atoms with Crippen LogP contribution in [0.4, 0.5) is 0 Å². The summed E-state index contributed by atoms with van der Waals surface area (Å²) in [4.78, 5) is 15.9. The summed E-state index contributed by atoms with van der Waals surface area (Å²) < 4.78 is 7.17. The van der Waals surface area contributed by atoms with E-state index in [2.05, 4.69) is 15.4 Å². The maximum absolute atomic E-state index is 12.0. The molecule has 1 N–H and O–H groups in total. The Hall–Kier alpha value is -2.37. The molecule has 0 bridgehead atoms. The standard InChI is InChI=1S/C15H20N4O2/c1-12-9-18-19(11-12)13(2)15(20)17-7-4-8-21-14-5-3-6-16-10-14/h3,5-6,9-11,13H,4,7-8H2,1-2H3,(H,17,20). The molecule has 112 valence electrons. The van der Waals surface area contributed by atoms with Crippen molar-refractivity contribution in [2.45, 2.75) is 26.3 Å². The van der Waals surface area contributed by atoms with Crippen LogP contribution in [0, 0.1) is 6.92 Å². The normalized spacial score (nSPS) is 11.9. The quantitative estimate of drug-likeness (QED) is 0.788. The molecule has 0 saturated heterocycles. The zero-order chi connectivity index (χ0) is 15.1. The fourth-order valence-electron chi connectivity index (χ4n) is 1.82. The van der Waals surface area contributed by atoms with Gasteiger partial charge in [-0.1, -0.05) is 0 Å². The van der Waals surface area contributed by atoms with Crippen molar-refractivity contribution in [3.8, 4) is 5.75 Å². The number of nitrogens with one attached hydrogen (secondary N) is 1. The fourth-order valence-corrected chi connectivity index (χ4v) is 1.82. The molecule has 0 aliphatic heterocycles. The molecule has 0 radical (unpaired) electrons. The smallest absolute Gasteiger partial charge is 0.244 e. The number of carbonyl (C=O) groups is 1. The summed E-state index contributed by atoms with van der Waals surface area (Å²) in [5, 5.41) is 7.03. The third-order valence-electron chi connectivity index (χ3n) is 3.03. The largest absolute Gasteiger partial charge is 0.492 e. The summed E-state index contributed by atoms with van der Waals surface area (Å²) in [6.45, 7) is 4.89. The van der Waals surface area contributed by atoms with Crippen LogP contribution in [-0.4, -0.2) is 33.8 Å². The van der Waals surface area contributed by atoms with Gasteiger partial charge in [0, 0.05) is 18.9 Å². The van der Waals surface area contributed by atoms with Crippen molar-refractivity contribution in [1.29, 1.82) is 0 Å². The van der Waals surface area contributed by atoms with E-state index in [0.29, 0.717) is 13.2 Å². The van der Waals surface area contributed by atoms with Crippen molar-refractivity contribution in [2.75, 3.05) is 13.2 Å². The second kappa shape index (κ2) is 7.42. The number of hydrogen-bond donors (Lipinski definition) is 1. The van der Waals surface area contributed by atoms with Crippen LogP contribution >= 0.6 is 0 Å². The maximum atomic E-state index is 12.0. The summed E-state index contributed by atoms with van der Waals surface area (Å²) in [5.74, 6) is 0.698. The van der Waals surface area contributed by atoms with E-state index < -0.39 is 0 Å². The number of aryl methyl sites for hydroxylation is 1. The molecule has 1 amide bonds. The number of rotatable bonds is 7. The number of carbonyl (C=O) groups excluding carboxylic acids is 1. The fraction of sp³-hybridized carbons (Fsp3) is 0.400. The van der Waals surface area contributed by atoms with Gasteiger partial charge in [0.2, 0.25) is 5.91 Å². The van der Waals surface area contributed by atoms with Crippen molar-refractivity contribution in [3.05, 3.63) is 42.5 Å². The Kier molecular flexibility index (Phi) is 5.31. The van der Waals surface area contributed by atoms with E-state index in [1.54, 1.807) is 23.3 Å². The van der Waals surface area contributed by atoms with Gasteiger partial charge in [0.05, 0.1) is 19.0 Å². The lowest BCUT2D eigenvalue weighted by Gasteiger charge is -2.12. The molecule has 6 nitrogen and oxygen atoms in total. The highest BCUT2D eigenvalue weighted by molar-refractivity contribution is 5.79. The van der Waals surface area contributed by atoms with Crippen LogP contribution < -0.4 is 10.1 Å². The first-order valence-corrected chi connectivity index (χ1v) is 6.98. The number of nitrogens with zero attached hydrogens (tertiary/aromatic N) is 3. The second-order valence-corrected chi connectivity index (χ2v) is 4.86. The van der Waals surface area contributed by atoms with Gasteiger partial charge in [-0.25, -0.2) is 0 Å². The first-order chi connectivity index (χ1) is 10.2. The SMILES string of the molecule is Cc1cnn(C(C)C(=O)NCCCOc2cccnc2)c1. The highest BCUT2D eigenvalue weighted by Gasteiger charge is 2.14. The molecule has 0 aromatic carbocycles. The highest BCUT2D eigenvalue weighted by atomic mass is 16.5. The molecule has 2 rings (SSSR count). The van der Waals surface area contributed by atoms with Gasteiger partial charge >= 0.3 is 0 Å². The number of amides is 1. The predicted molar refractivity (Wildman–Crippen MR) is 79.0 cm³/mol. The van der Waals surface area contributed by atoms with Crippen LogP contribution in [0.2, 0.25) is 0 Å². The lowest BCUT2D eigenvalue weighted by atomic mass is 10.3. The molecule has 0 saturated carbocycles. The van der Waals surface area contributed by atoms with Gasteiger partial charge < -0.3 is 10.1 Å². The third-order valence-corrected chi connectivity index (χ3v) is 3.03. The zero-order valence-electron chi connectivity index (χ0n) is 12.3. The predicted octanol–water partition coefficient (Wildman–Crippen LogP) is 1.73. The zero-order valence-corrected chi connectivity index (χ0v) is 12.3. The van der Waals surface area contributed by atoms with Gasteiger partial charge in [-0.2, -0.15) is 5.10 Å². The topological polar surface area (TPSA) is 69.0 Å². The van der Waals surface area contributed by atoms with Crippen molar-refractivity contribution in [1.82, 2.24) is 20.1 Å². The molecule has 0 fully saturated rings. The average Bonchev–Trinajstić information content (AvgIpc) is 2.93. The van der Waals surface area contributed by atoms with Gasteiger partial charge in [-0.3, -0.25) is 14.5 Å². The van der Waals surface area contributed by atoms with Crippen LogP contribution in [0.3, 0.4) is 0 Å². The Morgan fingerprint density at radius 3 is 3.00 bits per heavy atom. The van der Waals surface area contributed by atoms with E-state index in [1.165, 1.54) is 0 Å². The van der Waals surface area contributed by atoms with Crippen LogP contribution in [0.25, 0.3) is 0 Å². The molecule has 2 aromatic heterocycles. The van der Waals surface area contributed by atoms with Crippen LogP contribution in [0.15, 0.2) is 36.9 Å². The summed E-state index contributed by atoms with van der Waals surface area (Å²) >= 11 is 0. The summed E-state index contributed by atoms with van der Waals surface area (Å²) in [6, 6.07) is 3.37. The van der Waals surface area contributed by atoms with Gasteiger partial charge in [-0.15, -0.1) is 0 Å². The van der Waals surface area contributed by atoms with Crippen molar-refractivity contribution in [3.63, 3.8) is 0 Å². The van der Waals surface area contributed by atoms with E-state index >= 15 is 0 Å². The third kappa shape index (κ3) is 4.59. The molecule has 2 heterocycles. The Morgan fingerprint density at radius 1 is 1.48 bits per heavy atom. The Bertz CT molecular complexity index is 568. The van der Waals surface area contributed by atoms with Gasteiger partial charge in [-0.05, 0) is 38.0 Å². The Balaban J connectivity index is 1.65. The van der Waals surface area contributed by atoms with Crippen molar-refractivity contribution in [2.24, 2.45) is 0 Å². The number of aromatic nitrogens is 3. The highest BCUT2D eigenvalue weighted by Crippen LogP contribution is 2.07. The molecule has 0 aliphatic rings. The molecule has 1 unspecified atom stereocenters. The Morgan fingerprint density at radius 2 is 2.33 bits per heavy atom. The number of pyridine rings is 1. The first-order valence-electron chi connectivity index (χ1n) is 6.98. The number of ether oxygens (including phenoxy) is 1. The summed E-state index contributed by atoms with van der Waals surface area (Å²) in [5.41, 5.74) is 1.04. The van der Waals surface area contributed by atoms with Crippen molar-refractivity contribution >= 4 is 5.91 Å². The molecule has 1 atom stereocenters. The van der Waals surface area contributed by atoms with E-state index in [1.807, 2.05) is 32.2 Å². The van der Waals surface area contributed by atoms with Gasteiger partial charge in [0.25, 0.3) is 0 Å². The maximum Gasteiger partial charge on any atom is 0.244 e. The summed E-state index contributed by atoms with van der Waals surface area (Å²) in [6.07, 6.45) is 7.71. The Labute approximate surface area is 124 Å². The second-order valence-electron chi connectivity index (χ2n) is 4.86. The van der Waals surface area contributed by atoms with Crippen molar-refractivity contribution < 1.29 is 9.53 Å². The lowest BCUT2D eigenvalue weighted by Crippen LogP contribution is -2.32. The molecular weight excluding hydrogens is 268 g/mol. The van der Waals surface area contributed by atoms with Crippen LogP contribution in [0.1, 0.15) is 24.9 Å². The minimum atomic E-state index is -0.307. The van der Waals surface area contributed by atoms with Gasteiger partial charge in [0.15, 0.2) is 0 Å². The van der Waals surface area contributed by atoms with E-state index in [-0.39, 0.29) is 11.9 Å². The first kappa shape index (κ1) is 15.0. The average molecular weight is 288 g/mol. The monoisotopic (exact) mass is 288 g/mol.